The predicted molar refractivity (Wildman–Crippen MR) is 182 cm³/mol. The van der Waals surface area contributed by atoms with E-state index in [-0.39, 0.29) is 5.41 Å². The summed E-state index contributed by atoms with van der Waals surface area (Å²) < 4.78 is 12.6. The molecule has 6 aromatic carbocycles. The molecule has 0 atom stereocenters. The van der Waals surface area contributed by atoms with Gasteiger partial charge in [-0.05, 0) is 0 Å². The molecule has 0 N–H and O–H groups in total. The Kier molecular flexibility index (Phi) is 5.09. The number of para-hydroxylation sites is 4. The number of rotatable bonds is 1. The molecule has 0 bridgehead atoms. The molecule has 0 saturated carbocycles. The van der Waals surface area contributed by atoms with Crippen LogP contribution in [-0.2, 0) is 5.41 Å². The van der Waals surface area contributed by atoms with Gasteiger partial charge in [-0.2, -0.15) is 0 Å². The van der Waals surface area contributed by atoms with Crippen molar-refractivity contribution in [3.8, 4) is 33.8 Å². The molecule has 0 saturated heterocycles. The van der Waals surface area contributed by atoms with Crippen molar-refractivity contribution < 1.29 is 4.74 Å². The van der Waals surface area contributed by atoms with Crippen LogP contribution in [0.3, 0.4) is 0 Å². The van der Waals surface area contributed by atoms with Crippen LogP contribution in [0.25, 0.3) is 22.3 Å². The monoisotopic (exact) mass is 615 g/mol. The minimum atomic E-state index is -3.37. The number of nitrogens with zero attached hydrogens (tertiary/aromatic N) is 1. The molecule has 206 valence electrons. The van der Waals surface area contributed by atoms with Crippen LogP contribution in [0.2, 0.25) is 0 Å². The summed E-state index contributed by atoms with van der Waals surface area (Å²) in [4.78, 5) is 2.39. The second-order valence-corrected chi connectivity index (χ2v) is 20.6. The van der Waals surface area contributed by atoms with Crippen LogP contribution < -0.4 is 27.2 Å². The van der Waals surface area contributed by atoms with Crippen LogP contribution in [0.15, 0.2) is 133 Å². The van der Waals surface area contributed by atoms with E-state index in [1.807, 2.05) is 12.1 Å². The molecule has 43 heavy (non-hydrogen) atoms. The Morgan fingerprint density at radius 2 is 0.977 bits per heavy atom. The number of anilines is 3. The van der Waals surface area contributed by atoms with Gasteiger partial charge in [0.25, 0.3) is 0 Å². The van der Waals surface area contributed by atoms with Gasteiger partial charge in [0.05, 0.1) is 0 Å². The van der Waals surface area contributed by atoms with Crippen molar-refractivity contribution in [2.24, 2.45) is 0 Å². The molecule has 3 heterocycles. The van der Waals surface area contributed by atoms with Gasteiger partial charge < -0.3 is 0 Å². The van der Waals surface area contributed by atoms with Crippen LogP contribution in [-0.4, -0.2) is 13.3 Å². The first-order valence-corrected chi connectivity index (χ1v) is 19.3. The first kappa shape index (κ1) is 25.0. The summed E-state index contributed by atoms with van der Waals surface area (Å²) in [7, 11) is 0. The summed E-state index contributed by atoms with van der Waals surface area (Å²) in [5.41, 5.74) is 10.4. The third kappa shape index (κ3) is 3.30. The molecule has 0 radical (unpaired) electrons. The molecule has 3 heteroatoms. The van der Waals surface area contributed by atoms with Crippen molar-refractivity contribution >= 4 is 47.9 Å². The summed E-state index contributed by atoms with van der Waals surface area (Å²) in [6.07, 6.45) is 0. The van der Waals surface area contributed by atoms with Crippen molar-refractivity contribution in [1.29, 1.82) is 0 Å². The number of benzene rings is 6. The second kappa shape index (κ2) is 8.75. The molecule has 2 nitrogen and oxygen atoms in total. The Morgan fingerprint density at radius 1 is 0.488 bits per heavy atom. The zero-order valence-corrected chi connectivity index (χ0v) is 26.7. The summed E-state index contributed by atoms with van der Waals surface area (Å²) >= 11 is -3.37. The van der Waals surface area contributed by atoms with E-state index in [1.54, 1.807) is 13.2 Å². The van der Waals surface area contributed by atoms with Gasteiger partial charge in [-0.3, -0.25) is 0 Å². The van der Waals surface area contributed by atoms with Crippen molar-refractivity contribution in [3.63, 3.8) is 0 Å². The number of hydrogen-bond donors (Lipinski definition) is 0. The normalized spacial score (nSPS) is 14.7. The van der Waals surface area contributed by atoms with Crippen LogP contribution in [0.1, 0.15) is 26.3 Å². The molecule has 6 aromatic rings. The third-order valence-electron chi connectivity index (χ3n) is 9.63. The molecule has 0 aromatic heterocycles. The van der Waals surface area contributed by atoms with Gasteiger partial charge in [0.2, 0.25) is 0 Å². The Balaban J connectivity index is 1.38. The zero-order valence-electron chi connectivity index (χ0n) is 24.6. The van der Waals surface area contributed by atoms with Crippen LogP contribution in [0.5, 0.6) is 11.5 Å². The van der Waals surface area contributed by atoms with Crippen molar-refractivity contribution in [3.05, 3.63) is 139 Å². The number of hydrogen-bond acceptors (Lipinski definition) is 2. The molecule has 0 unspecified atom stereocenters. The van der Waals surface area contributed by atoms with Crippen molar-refractivity contribution in [2.45, 2.75) is 26.2 Å². The molecular formula is C40H31GeNO. The Labute approximate surface area is 255 Å². The van der Waals surface area contributed by atoms with Crippen molar-refractivity contribution in [1.82, 2.24) is 0 Å². The fourth-order valence-corrected chi connectivity index (χ4v) is 19.6. The molecule has 0 fully saturated rings. The molecule has 3 aliphatic rings. The average Bonchev–Trinajstić information content (AvgIpc) is 3.50. The number of ether oxygens (including phenoxy) is 1. The van der Waals surface area contributed by atoms with Gasteiger partial charge in [0.15, 0.2) is 0 Å². The summed E-state index contributed by atoms with van der Waals surface area (Å²) in [6.45, 7) is 7.00. The SMILES string of the molecule is CC(C)(C)c1ccc2[c](c1)[Ge]1([c]3ccccc3-c3cccc[c]31)[c]1cc(N3c4ccccc4Oc4ccccc43)ccc1-2. The van der Waals surface area contributed by atoms with E-state index in [0.29, 0.717) is 0 Å². The van der Waals surface area contributed by atoms with E-state index < -0.39 is 13.3 Å². The van der Waals surface area contributed by atoms with Gasteiger partial charge in [-0.25, -0.2) is 0 Å². The van der Waals surface area contributed by atoms with Crippen LogP contribution >= 0.6 is 0 Å². The van der Waals surface area contributed by atoms with Gasteiger partial charge in [0.1, 0.15) is 0 Å². The Hall–Kier alpha value is -4.54. The third-order valence-corrected chi connectivity index (χ3v) is 20.0. The maximum absolute atomic E-state index is 6.37. The molecule has 1 spiro atoms. The van der Waals surface area contributed by atoms with Gasteiger partial charge >= 0.3 is 257 Å². The fraction of sp³-hybridized carbons (Fsp3) is 0.100. The van der Waals surface area contributed by atoms with E-state index in [0.717, 1.165) is 22.9 Å². The Morgan fingerprint density at radius 3 is 1.58 bits per heavy atom. The maximum atomic E-state index is 6.37. The first-order valence-electron chi connectivity index (χ1n) is 15.1. The second-order valence-electron chi connectivity index (χ2n) is 13.0. The molecule has 9 rings (SSSR count). The van der Waals surface area contributed by atoms with Crippen LogP contribution in [0, 0.1) is 0 Å². The standard InChI is InChI=1S/C40H31GeNO/c1-40(2,3)26-20-22-30-31-23-21-27(42-36-16-8-10-18-38(36)43-39-19-11-9-17-37(39)42)25-35(31)41(34(30)24-26)32-14-6-4-12-28(32)29-13-5-7-15-33(29)41/h4-25H,1-3H3. The van der Waals surface area contributed by atoms with Gasteiger partial charge in [-0.15, -0.1) is 0 Å². The fourth-order valence-electron chi connectivity index (χ4n) is 7.72. The zero-order chi connectivity index (χ0) is 28.9. The molecular weight excluding hydrogens is 583 g/mol. The van der Waals surface area contributed by atoms with E-state index in [2.05, 4.69) is 147 Å². The van der Waals surface area contributed by atoms with E-state index in [9.17, 15) is 0 Å². The van der Waals surface area contributed by atoms with Crippen LogP contribution in [0.4, 0.5) is 17.1 Å². The summed E-state index contributed by atoms with van der Waals surface area (Å²) in [5, 5.41) is 0. The van der Waals surface area contributed by atoms with E-state index in [4.69, 9.17) is 4.74 Å². The van der Waals surface area contributed by atoms with Gasteiger partial charge in [-0.1, -0.05) is 0 Å². The molecule has 0 aliphatic carbocycles. The molecule has 3 aliphatic heterocycles. The molecule has 0 amide bonds. The predicted octanol–water partition coefficient (Wildman–Crippen LogP) is 7.90. The van der Waals surface area contributed by atoms with E-state index >= 15 is 0 Å². The average molecular weight is 614 g/mol. The van der Waals surface area contributed by atoms with E-state index in [1.165, 1.54) is 37.9 Å². The first-order chi connectivity index (χ1) is 21.0. The number of fused-ring (bicyclic) bond motifs is 12. The summed E-state index contributed by atoms with van der Waals surface area (Å²) in [5.74, 6) is 1.76. The van der Waals surface area contributed by atoms with Crippen molar-refractivity contribution in [2.75, 3.05) is 4.90 Å². The summed E-state index contributed by atoms with van der Waals surface area (Å²) in [6, 6.07) is 49.8. The Bertz CT molecular complexity index is 2030. The quantitative estimate of drug-likeness (QED) is 0.175. The topological polar surface area (TPSA) is 12.5 Å². The van der Waals surface area contributed by atoms with Gasteiger partial charge in [0, 0.05) is 0 Å². The minimum absolute atomic E-state index is 0.0667.